The Hall–Kier alpha value is 0.0569. The molecule has 0 saturated carbocycles. The molecule has 5 heteroatoms. The van der Waals surface area contributed by atoms with Crippen LogP contribution in [0.25, 0.3) is 0 Å². The molecule has 0 saturated heterocycles. The summed E-state index contributed by atoms with van der Waals surface area (Å²) < 4.78 is 11.0. The lowest BCUT2D eigenvalue weighted by molar-refractivity contribution is 0.242. The van der Waals surface area contributed by atoms with E-state index in [1.54, 1.807) is 14.2 Å². The lowest BCUT2D eigenvalue weighted by atomic mass is 10.4. The van der Waals surface area contributed by atoms with E-state index in [1.807, 2.05) is 0 Å². The quantitative estimate of drug-likeness (QED) is 0.443. The Labute approximate surface area is 88.4 Å². The van der Waals surface area contributed by atoms with Crippen LogP contribution in [0.4, 0.5) is 0 Å². The van der Waals surface area contributed by atoms with Crippen LogP contribution in [0.2, 0.25) is 12.1 Å². The third-order valence-corrected chi connectivity index (χ3v) is 6.10. The molecule has 0 rings (SSSR count). The van der Waals surface area contributed by atoms with Crippen LogP contribution in [0.5, 0.6) is 0 Å². The van der Waals surface area contributed by atoms with Gasteiger partial charge >= 0.3 is 8.56 Å². The molecular formula is C9H24N2O2Si. The van der Waals surface area contributed by atoms with Gasteiger partial charge in [0.15, 0.2) is 0 Å². The van der Waals surface area contributed by atoms with Gasteiger partial charge in [-0.1, -0.05) is 6.92 Å². The molecular weight excluding hydrogens is 196 g/mol. The maximum atomic E-state index is 5.49. The van der Waals surface area contributed by atoms with Gasteiger partial charge in [-0.15, -0.1) is 0 Å². The molecule has 0 spiro atoms. The average Bonchev–Trinajstić information content (AvgIpc) is 2.24. The molecule has 0 aliphatic heterocycles. The predicted molar refractivity (Wildman–Crippen MR) is 61.6 cm³/mol. The van der Waals surface area contributed by atoms with Gasteiger partial charge in [0.05, 0.1) is 0 Å². The summed E-state index contributed by atoms with van der Waals surface area (Å²) in [5.41, 5.74) is 5.39. The van der Waals surface area contributed by atoms with Crippen LogP contribution >= 0.6 is 0 Å². The van der Waals surface area contributed by atoms with Crippen molar-refractivity contribution in [3.63, 3.8) is 0 Å². The average molecular weight is 220 g/mol. The summed E-state index contributed by atoms with van der Waals surface area (Å²) in [5, 5.41) is 3.34. The molecule has 0 aromatic rings. The van der Waals surface area contributed by atoms with Crippen molar-refractivity contribution in [2.24, 2.45) is 5.73 Å². The second kappa shape index (κ2) is 8.37. The second-order valence-electron chi connectivity index (χ2n) is 3.31. The first-order chi connectivity index (χ1) is 6.74. The Morgan fingerprint density at radius 2 is 1.86 bits per heavy atom. The van der Waals surface area contributed by atoms with Gasteiger partial charge < -0.3 is 19.9 Å². The number of rotatable bonds is 9. The van der Waals surface area contributed by atoms with Crippen molar-refractivity contribution in [1.82, 2.24) is 5.32 Å². The molecule has 0 heterocycles. The number of hydrogen-bond acceptors (Lipinski definition) is 4. The Morgan fingerprint density at radius 3 is 2.29 bits per heavy atom. The number of hydrogen-bond donors (Lipinski definition) is 2. The third kappa shape index (κ3) is 5.07. The van der Waals surface area contributed by atoms with E-state index in [0.29, 0.717) is 0 Å². The van der Waals surface area contributed by atoms with Crippen LogP contribution in [0.15, 0.2) is 0 Å². The summed E-state index contributed by atoms with van der Waals surface area (Å²) in [6.07, 6.45) is 1.03. The summed E-state index contributed by atoms with van der Waals surface area (Å²) in [5.74, 6) is 0. The Morgan fingerprint density at radius 1 is 1.21 bits per heavy atom. The molecule has 0 aliphatic rings. The zero-order chi connectivity index (χ0) is 10.9. The van der Waals surface area contributed by atoms with Crippen molar-refractivity contribution in [2.75, 3.05) is 33.9 Å². The summed E-state index contributed by atoms with van der Waals surface area (Å²) in [7, 11) is 1.63. The van der Waals surface area contributed by atoms with E-state index in [2.05, 4.69) is 12.2 Å². The van der Waals surface area contributed by atoms with Crippen LogP contribution in [-0.2, 0) is 8.85 Å². The highest BCUT2D eigenvalue weighted by molar-refractivity contribution is 6.67. The lowest BCUT2D eigenvalue weighted by Gasteiger charge is -2.25. The minimum absolute atomic E-state index is 0.748. The van der Waals surface area contributed by atoms with Gasteiger partial charge in [-0.05, 0) is 32.1 Å². The fraction of sp³-hybridized carbons (Fsp3) is 1.00. The van der Waals surface area contributed by atoms with Crippen molar-refractivity contribution in [3.8, 4) is 0 Å². The molecule has 0 fully saturated rings. The highest BCUT2D eigenvalue weighted by atomic mass is 28.4. The minimum Gasteiger partial charge on any atom is -0.398 e. The van der Waals surface area contributed by atoms with Crippen LogP contribution in [-0.4, -0.2) is 42.4 Å². The Bertz CT molecular complexity index is 124. The molecule has 0 radical (unpaired) electrons. The minimum atomic E-state index is -1.87. The van der Waals surface area contributed by atoms with E-state index in [4.69, 9.17) is 14.6 Å². The number of nitrogens with one attached hydrogen (secondary N) is 1. The van der Waals surface area contributed by atoms with E-state index in [-0.39, 0.29) is 0 Å². The first-order valence-corrected chi connectivity index (χ1v) is 7.49. The molecule has 0 aliphatic carbocycles. The molecule has 0 bridgehead atoms. The van der Waals surface area contributed by atoms with E-state index in [9.17, 15) is 0 Å². The molecule has 0 atom stereocenters. The second-order valence-corrected chi connectivity index (χ2v) is 7.16. The topological polar surface area (TPSA) is 56.5 Å². The zero-order valence-corrected chi connectivity index (χ0v) is 10.6. The van der Waals surface area contributed by atoms with Gasteiger partial charge in [0, 0.05) is 20.3 Å². The standard InChI is InChI=1S/C9H24N2O2Si/c1-4-14(12-2,13-3)9-8-11-7-5-6-10/h11H,4-10H2,1-3H3. The normalized spacial score (nSPS) is 12.0. The van der Waals surface area contributed by atoms with Gasteiger partial charge in [0.25, 0.3) is 0 Å². The van der Waals surface area contributed by atoms with E-state index in [1.165, 1.54) is 0 Å². The molecule has 3 N–H and O–H groups in total. The highest BCUT2D eigenvalue weighted by Gasteiger charge is 2.32. The molecule has 0 unspecified atom stereocenters. The van der Waals surface area contributed by atoms with Crippen molar-refractivity contribution in [1.29, 1.82) is 0 Å². The molecule has 14 heavy (non-hydrogen) atoms. The molecule has 0 aromatic heterocycles. The van der Waals surface area contributed by atoms with Crippen molar-refractivity contribution < 1.29 is 8.85 Å². The van der Waals surface area contributed by atoms with Gasteiger partial charge in [-0.2, -0.15) is 0 Å². The molecule has 4 nitrogen and oxygen atoms in total. The third-order valence-electron chi connectivity index (χ3n) is 2.52. The fourth-order valence-corrected chi connectivity index (χ4v) is 3.45. The molecule has 86 valence electrons. The van der Waals surface area contributed by atoms with Crippen LogP contribution < -0.4 is 11.1 Å². The Kier molecular flexibility index (Phi) is 8.41. The first kappa shape index (κ1) is 14.1. The summed E-state index contributed by atoms with van der Waals surface area (Å²) in [6.45, 7) is 4.82. The smallest absolute Gasteiger partial charge is 0.338 e. The summed E-state index contributed by atoms with van der Waals surface area (Å²) in [4.78, 5) is 0. The monoisotopic (exact) mass is 220 g/mol. The van der Waals surface area contributed by atoms with Crippen molar-refractivity contribution >= 4 is 8.56 Å². The highest BCUT2D eigenvalue weighted by Crippen LogP contribution is 2.15. The largest absolute Gasteiger partial charge is 0.398 e. The Balaban J connectivity index is 3.61. The van der Waals surface area contributed by atoms with E-state index < -0.39 is 8.56 Å². The lowest BCUT2D eigenvalue weighted by Crippen LogP contribution is -2.42. The molecule has 0 amide bonds. The van der Waals surface area contributed by atoms with Crippen LogP contribution in [0.3, 0.4) is 0 Å². The van der Waals surface area contributed by atoms with Gasteiger partial charge in [-0.3, -0.25) is 0 Å². The summed E-state index contributed by atoms with van der Waals surface area (Å²) >= 11 is 0. The van der Waals surface area contributed by atoms with E-state index >= 15 is 0 Å². The maximum absolute atomic E-state index is 5.49. The maximum Gasteiger partial charge on any atom is 0.338 e. The van der Waals surface area contributed by atoms with Gasteiger partial charge in [0.2, 0.25) is 0 Å². The van der Waals surface area contributed by atoms with Crippen molar-refractivity contribution in [2.45, 2.75) is 25.4 Å². The zero-order valence-electron chi connectivity index (χ0n) is 9.64. The number of nitrogens with two attached hydrogens (primary N) is 1. The van der Waals surface area contributed by atoms with Gasteiger partial charge in [-0.25, -0.2) is 0 Å². The predicted octanol–water partition coefficient (Wildman–Crippen LogP) is 0.680. The van der Waals surface area contributed by atoms with Crippen molar-refractivity contribution in [3.05, 3.63) is 0 Å². The molecule has 0 aromatic carbocycles. The van der Waals surface area contributed by atoms with Gasteiger partial charge in [0.1, 0.15) is 0 Å². The fourth-order valence-electron chi connectivity index (χ4n) is 1.38. The van der Waals surface area contributed by atoms with Crippen LogP contribution in [0, 0.1) is 0 Å². The van der Waals surface area contributed by atoms with Crippen LogP contribution in [0.1, 0.15) is 13.3 Å². The summed E-state index contributed by atoms with van der Waals surface area (Å²) in [6, 6.07) is 2.00. The first-order valence-electron chi connectivity index (χ1n) is 5.25. The SMILES string of the molecule is CC[Si](CCNCCCN)(OC)OC. The van der Waals surface area contributed by atoms with E-state index in [0.717, 1.165) is 38.1 Å².